The fourth-order valence-electron chi connectivity index (χ4n) is 2.95. The number of halogens is 1. The molecule has 0 aliphatic rings. The lowest BCUT2D eigenvalue weighted by molar-refractivity contribution is 0.692. The third-order valence-electron chi connectivity index (χ3n) is 4.41. The number of hydrogen-bond acceptors (Lipinski definition) is 3. The molecule has 0 atom stereocenters. The Morgan fingerprint density at radius 1 is 1.00 bits per heavy atom. The van der Waals surface area contributed by atoms with Crippen LogP contribution in [-0.4, -0.2) is 33.8 Å². The zero-order chi connectivity index (χ0) is 18.9. The van der Waals surface area contributed by atoms with E-state index in [0.717, 1.165) is 24.9 Å². The Labute approximate surface area is 183 Å². The number of guanidine groups is 1. The maximum Gasteiger partial charge on any atom is 0.191 e. The Morgan fingerprint density at radius 3 is 2.11 bits per heavy atom. The quantitative estimate of drug-likeness (QED) is 0.303. The van der Waals surface area contributed by atoms with Gasteiger partial charge in [0.15, 0.2) is 5.96 Å². The summed E-state index contributed by atoms with van der Waals surface area (Å²) >= 11 is 0. The van der Waals surface area contributed by atoms with Gasteiger partial charge in [0.2, 0.25) is 0 Å². The number of aryl methyl sites for hydroxylation is 1. The Morgan fingerprint density at radius 2 is 1.61 bits per heavy atom. The fraction of sp³-hybridized carbons (Fsp3) is 0.286. The summed E-state index contributed by atoms with van der Waals surface area (Å²) in [5.41, 5.74) is 2.56. The molecule has 0 amide bonds. The fourth-order valence-corrected chi connectivity index (χ4v) is 2.95. The first-order valence-corrected chi connectivity index (χ1v) is 9.23. The molecule has 0 spiro atoms. The summed E-state index contributed by atoms with van der Waals surface area (Å²) in [5, 5.41) is 10.9. The van der Waals surface area contributed by atoms with Crippen molar-refractivity contribution in [3.8, 4) is 0 Å². The number of hydrogen-bond donors (Lipinski definition) is 2. The minimum Gasteiger partial charge on any atom is -0.357 e. The molecular weight excluding hydrogens is 463 g/mol. The standard InChI is InChI=1S/C21H26N6.HI/c1-3-22-21(24-15-20-25-16-26-27(20)2)23-14-19(17-10-6-4-7-11-17)18-12-8-5-9-13-18;/h4-13,16,19H,3,14-15H2,1-2H3,(H2,22,23,24);1H. The molecule has 0 aliphatic carbocycles. The molecule has 0 saturated heterocycles. The molecule has 3 aromatic rings. The summed E-state index contributed by atoms with van der Waals surface area (Å²) in [5.74, 6) is 1.85. The van der Waals surface area contributed by atoms with Crippen molar-refractivity contribution in [3.63, 3.8) is 0 Å². The third-order valence-corrected chi connectivity index (χ3v) is 4.41. The average Bonchev–Trinajstić information content (AvgIpc) is 3.12. The van der Waals surface area contributed by atoms with E-state index in [9.17, 15) is 0 Å². The van der Waals surface area contributed by atoms with Gasteiger partial charge in [0.25, 0.3) is 0 Å². The molecule has 0 bridgehead atoms. The summed E-state index contributed by atoms with van der Waals surface area (Å²) < 4.78 is 1.74. The lowest BCUT2D eigenvalue weighted by Gasteiger charge is -2.20. The normalized spacial score (nSPS) is 11.2. The number of aliphatic imine (C=N–C) groups is 1. The van der Waals surface area contributed by atoms with Crippen LogP contribution < -0.4 is 10.6 Å². The number of benzene rings is 2. The predicted molar refractivity (Wildman–Crippen MR) is 124 cm³/mol. The second-order valence-electron chi connectivity index (χ2n) is 6.25. The van der Waals surface area contributed by atoms with Gasteiger partial charge in [0.05, 0.1) is 0 Å². The molecule has 28 heavy (non-hydrogen) atoms. The summed E-state index contributed by atoms with van der Waals surface area (Å²) in [6.07, 6.45) is 1.55. The molecule has 7 heteroatoms. The molecule has 2 N–H and O–H groups in total. The summed E-state index contributed by atoms with van der Waals surface area (Å²) in [6, 6.07) is 21.1. The molecule has 0 fully saturated rings. The van der Waals surface area contributed by atoms with Crippen molar-refractivity contribution in [1.82, 2.24) is 25.4 Å². The van der Waals surface area contributed by atoms with Crippen LogP contribution >= 0.6 is 24.0 Å². The monoisotopic (exact) mass is 490 g/mol. The lowest BCUT2D eigenvalue weighted by Crippen LogP contribution is -2.39. The van der Waals surface area contributed by atoms with Gasteiger partial charge in [-0.05, 0) is 18.1 Å². The van der Waals surface area contributed by atoms with E-state index in [-0.39, 0.29) is 29.9 Å². The van der Waals surface area contributed by atoms with Crippen LogP contribution in [0.1, 0.15) is 29.8 Å². The first-order valence-electron chi connectivity index (χ1n) is 9.23. The lowest BCUT2D eigenvalue weighted by atomic mass is 9.91. The maximum atomic E-state index is 4.65. The Hall–Kier alpha value is -2.42. The molecule has 0 saturated carbocycles. The van der Waals surface area contributed by atoms with Crippen LogP contribution in [0.25, 0.3) is 0 Å². The highest BCUT2D eigenvalue weighted by Crippen LogP contribution is 2.23. The first-order chi connectivity index (χ1) is 13.3. The van der Waals surface area contributed by atoms with Crippen molar-refractivity contribution in [2.45, 2.75) is 19.4 Å². The highest BCUT2D eigenvalue weighted by molar-refractivity contribution is 14.0. The zero-order valence-electron chi connectivity index (χ0n) is 16.2. The highest BCUT2D eigenvalue weighted by Gasteiger charge is 2.14. The van der Waals surface area contributed by atoms with E-state index in [1.54, 1.807) is 11.0 Å². The van der Waals surface area contributed by atoms with E-state index in [4.69, 9.17) is 0 Å². The second-order valence-corrected chi connectivity index (χ2v) is 6.25. The van der Waals surface area contributed by atoms with Crippen molar-refractivity contribution in [1.29, 1.82) is 0 Å². The highest BCUT2D eigenvalue weighted by atomic mass is 127. The second kappa shape index (κ2) is 11.4. The number of rotatable bonds is 7. The molecular formula is C21H27IN6. The molecule has 3 rings (SSSR count). The molecule has 2 aromatic carbocycles. The van der Waals surface area contributed by atoms with Crippen LogP contribution in [0, 0.1) is 0 Å². The molecule has 1 aromatic heterocycles. The number of aromatic nitrogens is 3. The van der Waals surface area contributed by atoms with Crippen molar-refractivity contribution in [2.24, 2.45) is 12.0 Å². The van der Waals surface area contributed by atoms with Gasteiger partial charge in [-0.15, -0.1) is 24.0 Å². The Bertz CT molecular complexity index is 808. The van der Waals surface area contributed by atoms with Crippen molar-refractivity contribution in [3.05, 3.63) is 83.9 Å². The Balaban J connectivity index is 0.00000280. The van der Waals surface area contributed by atoms with Crippen LogP contribution in [0.2, 0.25) is 0 Å². The molecule has 148 valence electrons. The van der Waals surface area contributed by atoms with E-state index in [0.29, 0.717) is 6.54 Å². The van der Waals surface area contributed by atoms with E-state index in [2.05, 4.69) is 81.2 Å². The van der Waals surface area contributed by atoms with Gasteiger partial charge >= 0.3 is 0 Å². The summed E-state index contributed by atoms with van der Waals surface area (Å²) in [6.45, 7) is 4.09. The first kappa shape index (κ1) is 21.9. The van der Waals surface area contributed by atoms with Gasteiger partial charge in [0, 0.05) is 26.1 Å². The number of nitrogens with one attached hydrogen (secondary N) is 2. The minimum atomic E-state index is 0. The topological polar surface area (TPSA) is 67.1 Å². The predicted octanol–water partition coefficient (Wildman–Crippen LogP) is 3.32. The van der Waals surface area contributed by atoms with E-state index >= 15 is 0 Å². The van der Waals surface area contributed by atoms with Gasteiger partial charge in [-0.25, -0.2) is 9.98 Å². The van der Waals surface area contributed by atoms with Crippen molar-refractivity contribution in [2.75, 3.05) is 13.1 Å². The Kier molecular flexibility index (Phi) is 8.93. The SMILES string of the molecule is CCNC(=NCc1ncnn1C)NCC(c1ccccc1)c1ccccc1.I. The van der Waals surface area contributed by atoms with Gasteiger partial charge in [-0.3, -0.25) is 4.68 Å². The minimum absolute atomic E-state index is 0. The maximum absolute atomic E-state index is 4.65. The van der Waals surface area contributed by atoms with Crippen LogP contribution in [0.15, 0.2) is 72.0 Å². The van der Waals surface area contributed by atoms with Crippen LogP contribution in [-0.2, 0) is 13.6 Å². The molecule has 1 heterocycles. The van der Waals surface area contributed by atoms with Gasteiger partial charge in [0.1, 0.15) is 18.7 Å². The molecule has 6 nitrogen and oxygen atoms in total. The van der Waals surface area contributed by atoms with E-state index in [1.165, 1.54) is 11.1 Å². The number of nitrogens with zero attached hydrogens (tertiary/aromatic N) is 4. The average molecular weight is 490 g/mol. The van der Waals surface area contributed by atoms with E-state index < -0.39 is 0 Å². The largest absolute Gasteiger partial charge is 0.357 e. The molecule has 0 aliphatic heterocycles. The van der Waals surface area contributed by atoms with Crippen LogP contribution in [0.4, 0.5) is 0 Å². The zero-order valence-corrected chi connectivity index (χ0v) is 18.6. The summed E-state index contributed by atoms with van der Waals surface area (Å²) in [7, 11) is 1.87. The van der Waals surface area contributed by atoms with E-state index in [1.807, 2.05) is 19.2 Å². The smallest absolute Gasteiger partial charge is 0.191 e. The summed E-state index contributed by atoms with van der Waals surface area (Å²) in [4.78, 5) is 8.87. The molecule has 0 unspecified atom stereocenters. The van der Waals surface area contributed by atoms with Crippen LogP contribution in [0.3, 0.4) is 0 Å². The third kappa shape index (κ3) is 6.05. The molecule has 0 radical (unpaired) electrons. The van der Waals surface area contributed by atoms with Crippen molar-refractivity contribution >= 4 is 29.9 Å². The van der Waals surface area contributed by atoms with Gasteiger partial charge < -0.3 is 10.6 Å². The van der Waals surface area contributed by atoms with Gasteiger partial charge in [-0.1, -0.05) is 60.7 Å². The van der Waals surface area contributed by atoms with Gasteiger partial charge in [-0.2, -0.15) is 5.10 Å². The van der Waals surface area contributed by atoms with Crippen LogP contribution in [0.5, 0.6) is 0 Å². The van der Waals surface area contributed by atoms with Crippen molar-refractivity contribution < 1.29 is 0 Å².